The molecule has 0 spiro atoms. The molecular weight excluding hydrogens is 815 g/mol. The van der Waals surface area contributed by atoms with Crippen molar-refractivity contribution < 1.29 is 0 Å². The molecule has 4 aromatic heterocycles. The van der Waals surface area contributed by atoms with Crippen LogP contribution in [0, 0.1) is 17.8 Å². The molecule has 0 unspecified atom stereocenters. The van der Waals surface area contributed by atoms with Gasteiger partial charge in [0.25, 0.3) is 0 Å². The van der Waals surface area contributed by atoms with Gasteiger partial charge in [-0.05, 0) is 121 Å². The first-order valence-electron chi connectivity index (χ1n) is 24.2. The Morgan fingerprint density at radius 2 is 0.791 bits per heavy atom. The van der Waals surface area contributed by atoms with Crippen molar-refractivity contribution in [3.63, 3.8) is 0 Å². The van der Waals surface area contributed by atoms with Crippen LogP contribution in [0.1, 0.15) is 44.1 Å². The molecule has 16 rings (SSSR count). The van der Waals surface area contributed by atoms with Gasteiger partial charge in [0.1, 0.15) is 5.82 Å². The molecule has 0 N–H and O–H groups in total. The van der Waals surface area contributed by atoms with Gasteiger partial charge in [-0.1, -0.05) is 140 Å². The van der Waals surface area contributed by atoms with E-state index in [9.17, 15) is 0 Å². The minimum absolute atomic E-state index is 0.157. The van der Waals surface area contributed by atoms with E-state index in [1.165, 1.54) is 104 Å². The fourth-order valence-electron chi connectivity index (χ4n) is 14.0. The summed E-state index contributed by atoms with van der Waals surface area (Å²) in [5.74, 6) is 3.95. The molecule has 4 aliphatic carbocycles. The highest BCUT2D eigenvalue weighted by Crippen LogP contribution is 2.62. The van der Waals surface area contributed by atoms with Crippen LogP contribution in [-0.2, 0) is 5.41 Å². The van der Waals surface area contributed by atoms with Crippen LogP contribution in [0.2, 0.25) is 0 Å². The summed E-state index contributed by atoms with van der Waals surface area (Å²) in [6, 6.07) is 71.5. The molecule has 67 heavy (non-hydrogen) atoms. The molecule has 0 amide bonds. The average Bonchev–Trinajstić information content (AvgIpc) is 4.02. The number of para-hydroxylation sites is 7. The van der Waals surface area contributed by atoms with Crippen LogP contribution in [0.3, 0.4) is 0 Å². The second-order valence-corrected chi connectivity index (χ2v) is 20.0. The Bertz CT molecular complexity index is 3660. The second-order valence-electron chi connectivity index (χ2n) is 20.0. The molecule has 320 valence electrons. The smallest absolute Gasteiger partial charge is 0.237 e. The van der Waals surface area contributed by atoms with E-state index in [-0.39, 0.29) is 5.41 Å². The van der Waals surface area contributed by atoms with Crippen molar-refractivity contribution in [2.45, 2.75) is 43.9 Å². The zero-order valence-electron chi connectivity index (χ0n) is 37.2. The molecule has 4 bridgehead atoms. The average molecular weight is 862 g/mol. The molecule has 4 heterocycles. The van der Waals surface area contributed by atoms with Crippen molar-refractivity contribution in [1.29, 1.82) is 0 Å². The maximum atomic E-state index is 5.66. The monoisotopic (exact) mass is 861 g/mol. The molecule has 12 aromatic rings. The quantitative estimate of drug-likeness (QED) is 0.167. The standard InChI is InChI=1S/C62H47N5/c1-8-22-53-43(15-1)44-16-2-9-23-54(44)65(53)55-24-10-7-21-49(55)50-34-42(29-30-51(50)62-36-39-31-40(37-62)33-41(32-39)38-62)52-35-60(66-56-25-11-3-17-45(56)46-18-4-12-26-57(46)66)64-61(63-52)67-58-27-13-5-19-47(58)48-20-6-14-28-59(48)67/h1-30,34-35,39-41H,31-33,36-38H2. The summed E-state index contributed by atoms with van der Waals surface area (Å²) in [4.78, 5) is 11.2. The predicted molar refractivity (Wildman–Crippen MR) is 276 cm³/mol. The van der Waals surface area contributed by atoms with Crippen LogP contribution in [0.5, 0.6) is 0 Å². The fourth-order valence-corrected chi connectivity index (χ4v) is 14.0. The van der Waals surface area contributed by atoms with Crippen LogP contribution in [-0.4, -0.2) is 23.7 Å². The Kier molecular flexibility index (Phi) is 7.90. The number of rotatable bonds is 6. The first kappa shape index (κ1) is 37.5. The summed E-state index contributed by atoms with van der Waals surface area (Å²) >= 11 is 0. The third-order valence-electron chi connectivity index (χ3n) is 16.2. The van der Waals surface area contributed by atoms with Gasteiger partial charge >= 0.3 is 0 Å². The molecule has 0 aliphatic heterocycles. The lowest BCUT2D eigenvalue weighted by molar-refractivity contribution is -0.00491. The van der Waals surface area contributed by atoms with Gasteiger partial charge in [-0.25, -0.2) is 4.98 Å². The van der Waals surface area contributed by atoms with E-state index in [0.717, 1.165) is 56.9 Å². The molecule has 4 saturated carbocycles. The van der Waals surface area contributed by atoms with Crippen molar-refractivity contribution in [2.24, 2.45) is 17.8 Å². The summed E-state index contributed by atoms with van der Waals surface area (Å²) in [6.07, 6.45) is 8.07. The fraction of sp³-hybridized carbons (Fsp3) is 0.161. The predicted octanol–water partition coefficient (Wildman–Crippen LogP) is 15.6. The van der Waals surface area contributed by atoms with E-state index in [1.807, 2.05) is 0 Å². The van der Waals surface area contributed by atoms with Crippen molar-refractivity contribution in [1.82, 2.24) is 23.7 Å². The normalized spacial score (nSPS) is 20.1. The molecule has 5 heteroatoms. The number of benzene rings is 8. The van der Waals surface area contributed by atoms with Crippen molar-refractivity contribution in [3.05, 3.63) is 200 Å². The number of hydrogen-bond donors (Lipinski definition) is 0. The Morgan fingerprint density at radius 3 is 1.28 bits per heavy atom. The van der Waals surface area contributed by atoms with Gasteiger partial charge in [0, 0.05) is 49.5 Å². The highest BCUT2D eigenvalue weighted by molar-refractivity contribution is 6.11. The van der Waals surface area contributed by atoms with E-state index in [4.69, 9.17) is 9.97 Å². The molecule has 0 radical (unpaired) electrons. The lowest BCUT2D eigenvalue weighted by Crippen LogP contribution is -2.48. The highest BCUT2D eigenvalue weighted by atomic mass is 15.2. The molecule has 8 aromatic carbocycles. The number of nitrogens with zero attached hydrogens (tertiary/aromatic N) is 5. The zero-order valence-corrected chi connectivity index (χ0v) is 37.2. The number of aromatic nitrogens is 5. The third kappa shape index (κ3) is 5.49. The van der Waals surface area contributed by atoms with Gasteiger partial charge in [-0.2, -0.15) is 4.98 Å². The van der Waals surface area contributed by atoms with E-state index in [2.05, 4.69) is 208 Å². The van der Waals surface area contributed by atoms with Crippen molar-refractivity contribution in [2.75, 3.05) is 0 Å². The largest absolute Gasteiger partial charge is 0.309 e. The Labute approximate surface area is 388 Å². The summed E-state index contributed by atoms with van der Waals surface area (Å²) in [5, 5.41) is 7.35. The third-order valence-corrected chi connectivity index (χ3v) is 16.2. The maximum absolute atomic E-state index is 5.66. The Hall–Kier alpha value is -7.76. The van der Waals surface area contributed by atoms with Crippen LogP contribution in [0.25, 0.3) is 105 Å². The number of hydrogen-bond acceptors (Lipinski definition) is 2. The number of fused-ring (bicyclic) bond motifs is 9. The maximum Gasteiger partial charge on any atom is 0.237 e. The van der Waals surface area contributed by atoms with Gasteiger partial charge in [-0.15, -0.1) is 0 Å². The molecule has 0 saturated heterocycles. The van der Waals surface area contributed by atoms with Crippen molar-refractivity contribution >= 4 is 65.4 Å². The SMILES string of the molecule is c1ccc(-n2c3ccccc3c3ccccc32)c(-c2cc(-c3cc(-n4c5ccccc5c5ccccc54)nc(-n4c5ccccc5c5ccccc54)n3)ccc2C23CC4CC(CC(C4)C2)C3)c1. The summed E-state index contributed by atoms with van der Waals surface area (Å²) in [7, 11) is 0. The van der Waals surface area contributed by atoms with Crippen LogP contribution in [0.4, 0.5) is 0 Å². The van der Waals surface area contributed by atoms with E-state index in [0.29, 0.717) is 5.95 Å². The van der Waals surface area contributed by atoms with Gasteiger partial charge < -0.3 is 4.57 Å². The lowest BCUT2D eigenvalue weighted by Gasteiger charge is -2.57. The molecule has 4 fully saturated rings. The molecular formula is C62H47N5. The molecule has 0 atom stereocenters. The van der Waals surface area contributed by atoms with Gasteiger partial charge in [0.15, 0.2) is 0 Å². The lowest BCUT2D eigenvalue weighted by atomic mass is 9.47. The van der Waals surface area contributed by atoms with E-state index >= 15 is 0 Å². The van der Waals surface area contributed by atoms with Crippen LogP contribution < -0.4 is 0 Å². The first-order chi connectivity index (χ1) is 33.2. The minimum Gasteiger partial charge on any atom is -0.309 e. The minimum atomic E-state index is 0.157. The Morgan fingerprint density at radius 1 is 0.373 bits per heavy atom. The molecule has 5 nitrogen and oxygen atoms in total. The topological polar surface area (TPSA) is 40.6 Å². The van der Waals surface area contributed by atoms with E-state index in [1.54, 1.807) is 0 Å². The van der Waals surface area contributed by atoms with E-state index < -0.39 is 0 Å². The molecule has 4 aliphatic rings. The van der Waals surface area contributed by atoms with Gasteiger partial charge in [-0.3, -0.25) is 9.13 Å². The zero-order chi connectivity index (χ0) is 43.8. The van der Waals surface area contributed by atoms with Crippen molar-refractivity contribution in [3.8, 4) is 39.8 Å². The first-order valence-corrected chi connectivity index (χ1v) is 24.2. The summed E-state index contributed by atoms with van der Waals surface area (Å²) in [6.45, 7) is 0. The van der Waals surface area contributed by atoms with Gasteiger partial charge in [0.05, 0.1) is 44.5 Å². The van der Waals surface area contributed by atoms with Crippen LogP contribution >= 0.6 is 0 Å². The van der Waals surface area contributed by atoms with Crippen LogP contribution in [0.15, 0.2) is 194 Å². The highest BCUT2D eigenvalue weighted by Gasteiger charge is 2.52. The Balaban J connectivity index is 1.02. The summed E-state index contributed by atoms with van der Waals surface area (Å²) in [5.41, 5.74) is 14.3. The summed E-state index contributed by atoms with van der Waals surface area (Å²) < 4.78 is 7.13. The second kappa shape index (κ2) is 14.1. The van der Waals surface area contributed by atoms with Gasteiger partial charge in [0.2, 0.25) is 5.95 Å².